The third kappa shape index (κ3) is 4.26. The number of urea groups is 1. The molecule has 1 N–H and O–H groups in total. The molecule has 1 aliphatic rings. The number of aromatic nitrogens is 2. The van der Waals surface area contributed by atoms with Crippen LogP contribution in [0, 0.1) is 6.92 Å². The third-order valence-electron chi connectivity index (χ3n) is 4.46. The fourth-order valence-electron chi connectivity index (χ4n) is 2.85. The van der Waals surface area contributed by atoms with Gasteiger partial charge in [0.25, 0.3) is 0 Å². The van der Waals surface area contributed by atoms with Crippen molar-refractivity contribution in [3.63, 3.8) is 0 Å². The van der Waals surface area contributed by atoms with Gasteiger partial charge in [-0.25, -0.2) is 14.8 Å². The van der Waals surface area contributed by atoms with E-state index in [-0.39, 0.29) is 6.03 Å². The summed E-state index contributed by atoms with van der Waals surface area (Å²) in [7, 11) is 0. The van der Waals surface area contributed by atoms with Crippen LogP contribution in [0.5, 0.6) is 0 Å². The van der Waals surface area contributed by atoms with Gasteiger partial charge in [0.1, 0.15) is 0 Å². The Hall–Kier alpha value is -2.63. The summed E-state index contributed by atoms with van der Waals surface area (Å²) in [5.41, 5.74) is 3.05. The Balaban J connectivity index is 1.54. The number of hydrogen-bond acceptors (Lipinski definition) is 4. The van der Waals surface area contributed by atoms with Gasteiger partial charge in [-0.05, 0) is 36.6 Å². The Labute approximate surface area is 148 Å². The average Bonchev–Trinajstić information content (AvgIpc) is 2.62. The highest BCUT2D eigenvalue weighted by atomic mass is 16.2. The van der Waals surface area contributed by atoms with Crippen LogP contribution >= 0.6 is 0 Å². The van der Waals surface area contributed by atoms with E-state index < -0.39 is 0 Å². The molecule has 6 nitrogen and oxygen atoms in total. The maximum Gasteiger partial charge on any atom is 0.321 e. The van der Waals surface area contributed by atoms with Crippen LogP contribution in [0.4, 0.5) is 16.4 Å². The number of anilines is 2. The van der Waals surface area contributed by atoms with E-state index in [1.54, 1.807) is 6.20 Å². The smallest absolute Gasteiger partial charge is 0.321 e. The number of piperazine rings is 1. The number of carbonyl (C=O) groups is 1. The molecular weight excluding hydrogens is 314 g/mol. The molecule has 3 rings (SSSR count). The van der Waals surface area contributed by atoms with Crippen LogP contribution in [-0.4, -0.2) is 47.1 Å². The molecule has 1 aliphatic heterocycles. The minimum atomic E-state index is -0.0536. The zero-order valence-corrected chi connectivity index (χ0v) is 15.1. The summed E-state index contributed by atoms with van der Waals surface area (Å²) in [6.07, 6.45) is 1.78. The molecular formula is C19H25N5O. The second kappa shape index (κ2) is 7.51. The molecule has 1 aromatic heterocycles. The van der Waals surface area contributed by atoms with Gasteiger partial charge < -0.3 is 15.1 Å². The number of benzene rings is 1. The Morgan fingerprint density at radius 1 is 1.08 bits per heavy atom. The van der Waals surface area contributed by atoms with Crippen molar-refractivity contribution in [2.24, 2.45) is 0 Å². The minimum absolute atomic E-state index is 0.0536. The van der Waals surface area contributed by atoms with Crippen LogP contribution in [0.2, 0.25) is 0 Å². The maximum absolute atomic E-state index is 12.4. The van der Waals surface area contributed by atoms with E-state index in [1.165, 1.54) is 5.56 Å². The lowest BCUT2D eigenvalue weighted by atomic mass is 10.0. The minimum Gasteiger partial charge on any atom is -0.337 e. The van der Waals surface area contributed by atoms with Crippen molar-refractivity contribution in [1.82, 2.24) is 14.9 Å². The Morgan fingerprint density at radius 2 is 1.76 bits per heavy atom. The molecule has 0 spiro atoms. The monoisotopic (exact) mass is 339 g/mol. The van der Waals surface area contributed by atoms with E-state index in [4.69, 9.17) is 0 Å². The molecule has 2 amide bonds. The highest BCUT2D eigenvalue weighted by Gasteiger charge is 2.22. The van der Waals surface area contributed by atoms with Crippen LogP contribution in [0.1, 0.15) is 31.0 Å². The average molecular weight is 339 g/mol. The summed E-state index contributed by atoms with van der Waals surface area (Å²) >= 11 is 0. The van der Waals surface area contributed by atoms with Gasteiger partial charge in [-0.1, -0.05) is 26.0 Å². The van der Waals surface area contributed by atoms with E-state index in [0.717, 1.165) is 30.4 Å². The highest BCUT2D eigenvalue weighted by molar-refractivity contribution is 5.89. The quantitative estimate of drug-likeness (QED) is 0.932. The molecule has 0 saturated carbocycles. The molecule has 0 radical (unpaired) electrons. The van der Waals surface area contributed by atoms with Crippen molar-refractivity contribution in [3.05, 3.63) is 47.8 Å². The fraction of sp³-hybridized carbons (Fsp3) is 0.421. The van der Waals surface area contributed by atoms with Crippen LogP contribution in [0.15, 0.2) is 36.5 Å². The van der Waals surface area contributed by atoms with E-state index in [0.29, 0.717) is 19.0 Å². The van der Waals surface area contributed by atoms with Crippen molar-refractivity contribution in [1.29, 1.82) is 0 Å². The molecule has 25 heavy (non-hydrogen) atoms. The number of hydrogen-bond donors (Lipinski definition) is 1. The van der Waals surface area contributed by atoms with Gasteiger partial charge in [0, 0.05) is 43.8 Å². The van der Waals surface area contributed by atoms with Crippen molar-refractivity contribution >= 4 is 17.7 Å². The van der Waals surface area contributed by atoms with Gasteiger partial charge in [-0.3, -0.25) is 0 Å². The van der Waals surface area contributed by atoms with Gasteiger partial charge in [0.15, 0.2) is 0 Å². The van der Waals surface area contributed by atoms with Gasteiger partial charge in [0.2, 0.25) is 5.95 Å². The summed E-state index contributed by atoms with van der Waals surface area (Å²) in [5, 5.41) is 2.98. The van der Waals surface area contributed by atoms with Gasteiger partial charge in [-0.15, -0.1) is 0 Å². The molecule has 0 aliphatic carbocycles. The standard InChI is InChI=1S/C19H25N5O/c1-14(2)16-4-6-17(7-5-16)22-19(25)24-12-10-23(11-13-24)18-20-9-8-15(3)21-18/h4-9,14H,10-13H2,1-3H3,(H,22,25). The predicted molar refractivity (Wildman–Crippen MR) is 100 cm³/mol. The van der Waals surface area contributed by atoms with Gasteiger partial charge in [-0.2, -0.15) is 0 Å². The van der Waals surface area contributed by atoms with E-state index in [2.05, 4.69) is 46.2 Å². The first-order valence-electron chi connectivity index (χ1n) is 8.73. The first-order valence-corrected chi connectivity index (χ1v) is 8.73. The van der Waals surface area contributed by atoms with Gasteiger partial charge >= 0.3 is 6.03 Å². The van der Waals surface area contributed by atoms with E-state index >= 15 is 0 Å². The topological polar surface area (TPSA) is 61.4 Å². The van der Waals surface area contributed by atoms with Crippen molar-refractivity contribution in [2.75, 3.05) is 36.4 Å². The first-order chi connectivity index (χ1) is 12.0. The molecule has 1 aromatic carbocycles. The van der Waals surface area contributed by atoms with Crippen molar-refractivity contribution in [3.8, 4) is 0 Å². The summed E-state index contributed by atoms with van der Waals surface area (Å²) in [6, 6.07) is 9.88. The number of carbonyl (C=O) groups excluding carboxylic acids is 1. The van der Waals surface area contributed by atoms with E-state index in [9.17, 15) is 4.79 Å². The summed E-state index contributed by atoms with van der Waals surface area (Å²) in [4.78, 5) is 25.2. The number of aryl methyl sites for hydroxylation is 1. The molecule has 6 heteroatoms. The second-order valence-electron chi connectivity index (χ2n) is 6.68. The largest absolute Gasteiger partial charge is 0.337 e. The Bertz CT molecular complexity index is 721. The Kier molecular flexibility index (Phi) is 5.16. The summed E-state index contributed by atoms with van der Waals surface area (Å²) < 4.78 is 0. The zero-order chi connectivity index (χ0) is 17.8. The number of nitrogens with zero attached hydrogens (tertiary/aromatic N) is 4. The lowest BCUT2D eigenvalue weighted by Gasteiger charge is -2.34. The lowest BCUT2D eigenvalue weighted by molar-refractivity contribution is 0.208. The van der Waals surface area contributed by atoms with Gasteiger partial charge in [0.05, 0.1) is 0 Å². The number of amides is 2. The molecule has 0 atom stereocenters. The van der Waals surface area contributed by atoms with Crippen LogP contribution in [0.3, 0.4) is 0 Å². The van der Waals surface area contributed by atoms with Crippen LogP contribution < -0.4 is 10.2 Å². The predicted octanol–water partition coefficient (Wildman–Crippen LogP) is 3.26. The van der Waals surface area contributed by atoms with Crippen molar-refractivity contribution in [2.45, 2.75) is 26.7 Å². The van der Waals surface area contributed by atoms with Crippen LogP contribution in [0.25, 0.3) is 0 Å². The Morgan fingerprint density at radius 3 is 2.36 bits per heavy atom. The first kappa shape index (κ1) is 17.2. The summed E-state index contributed by atoms with van der Waals surface area (Å²) in [5.74, 6) is 1.23. The number of rotatable bonds is 3. The zero-order valence-electron chi connectivity index (χ0n) is 15.1. The van der Waals surface area contributed by atoms with Crippen LogP contribution in [-0.2, 0) is 0 Å². The highest BCUT2D eigenvalue weighted by Crippen LogP contribution is 2.18. The summed E-state index contributed by atoms with van der Waals surface area (Å²) in [6.45, 7) is 9.07. The third-order valence-corrected chi connectivity index (χ3v) is 4.46. The molecule has 1 saturated heterocycles. The molecule has 0 unspecified atom stereocenters. The fourth-order valence-corrected chi connectivity index (χ4v) is 2.85. The lowest BCUT2D eigenvalue weighted by Crippen LogP contribution is -2.50. The molecule has 132 valence electrons. The van der Waals surface area contributed by atoms with Crippen molar-refractivity contribution < 1.29 is 4.79 Å². The van der Waals surface area contributed by atoms with E-state index in [1.807, 2.05) is 30.0 Å². The molecule has 2 aromatic rings. The normalized spacial score (nSPS) is 14.7. The SMILES string of the molecule is Cc1ccnc(N2CCN(C(=O)Nc3ccc(C(C)C)cc3)CC2)n1. The molecule has 0 bridgehead atoms. The molecule has 1 fully saturated rings. The second-order valence-corrected chi connectivity index (χ2v) is 6.68. The molecule has 2 heterocycles. The maximum atomic E-state index is 12.4. The number of nitrogens with one attached hydrogen (secondary N) is 1.